The van der Waals surface area contributed by atoms with E-state index in [1.165, 1.54) is 17.4 Å². The summed E-state index contributed by atoms with van der Waals surface area (Å²) in [6.07, 6.45) is 0. The van der Waals surface area contributed by atoms with Crippen molar-refractivity contribution in [2.45, 2.75) is 13.5 Å². The van der Waals surface area contributed by atoms with Crippen LogP contribution in [0.1, 0.15) is 17.3 Å². The Kier molecular flexibility index (Phi) is 5.68. The molecule has 0 bridgehead atoms. The molecule has 4 aromatic rings. The molecule has 0 saturated carbocycles. The first-order chi connectivity index (χ1) is 15.0. The number of amides is 1. The summed E-state index contributed by atoms with van der Waals surface area (Å²) in [5.41, 5.74) is 0.120. The molecule has 158 valence electrons. The van der Waals surface area contributed by atoms with Gasteiger partial charge in [0.25, 0.3) is 5.91 Å². The lowest BCUT2D eigenvalue weighted by Gasteiger charge is -2.05. The summed E-state index contributed by atoms with van der Waals surface area (Å²) in [6.45, 7) is 1.82. The minimum Gasteiger partial charge on any atom is -0.497 e. The first-order valence-corrected chi connectivity index (χ1v) is 10.3. The van der Waals surface area contributed by atoms with Crippen LogP contribution in [-0.2, 0) is 16.1 Å². The van der Waals surface area contributed by atoms with Gasteiger partial charge in [0.05, 0.1) is 23.9 Å². The SMILES string of the molecule is CCOC(=O)Cn1c(=NC(=O)c2cc3ccccc3oc2=O)sc2cc(OC)ccc21. The predicted molar refractivity (Wildman–Crippen MR) is 115 cm³/mol. The van der Waals surface area contributed by atoms with Crippen molar-refractivity contribution in [2.24, 2.45) is 4.99 Å². The second-order valence-corrected chi connectivity index (χ2v) is 7.52. The Balaban J connectivity index is 1.85. The molecule has 0 aliphatic rings. The van der Waals surface area contributed by atoms with Gasteiger partial charge in [-0.2, -0.15) is 4.99 Å². The Hall–Kier alpha value is -3.72. The Morgan fingerprint density at radius 2 is 1.97 bits per heavy atom. The van der Waals surface area contributed by atoms with Crippen molar-refractivity contribution in [1.82, 2.24) is 4.57 Å². The Morgan fingerprint density at radius 3 is 2.74 bits per heavy atom. The van der Waals surface area contributed by atoms with Crippen LogP contribution < -0.4 is 15.2 Å². The zero-order valence-corrected chi connectivity index (χ0v) is 17.6. The number of hydrogen-bond donors (Lipinski definition) is 0. The minimum atomic E-state index is -0.771. The fraction of sp³-hybridized carbons (Fsp3) is 0.182. The average Bonchev–Trinajstić information content (AvgIpc) is 3.09. The first kappa shape index (κ1) is 20.5. The summed E-state index contributed by atoms with van der Waals surface area (Å²) in [6, 6.07) is 13.7. The summed E-state index contributed by atoms with van der Waals surface area (Å²) in [7, 11) is 1.55. The van der Waals surface area contributed by atoms with Gasteiger partial charge in [0.1, 0.15) is 23.4 Å². The van der Waals surface area contributed by atoms with Crippen molar-refractivity contribution < 1.29 is 23.5 Å². The zero-order valence-electron chi connectivity index (χ0n) is 16.8. The van der Waals surface area contributed by atoms with Crippen molar-refractivity contribution in [3.63, 3.8) is 0 Å². The molecule has 0 fully saturated rings. The van der Waals surface area contributed by atoms with Gasteiger partial charge in [-0.15, -0.1) is 0 Å². The number of benzene rings is 2. The Morgan fingerprint density at radius 1 is 1.16 bits per heavy atom. The lowest BCUT2D eigenvalue weighted by Crippen LogP contribution is -2.24. The summed E-state index contributed by atoms with van der Waals surface area (Å²) in [4.78, 5) is 41.7. The third kappa shape index (κ3) is 4.13. The maximum absolute atomic E-state index is 12.9. The Bertz CT molecular complexity index is 1430. The number of nitrogens with zero attached hydrogens (tertiary/aromatic N) is 2. The highest BCUT2D eigenvalue weighted by atomic mass is 32.1. The van der Waals surface area contributed by atoms with E-state index in [0.717, 1.165) is 4.70 Å². The number of rotatable bonds is 5. The molecule has 0 atom stereocenters. The number of carbonyl (C=O) groups is 2. The number of para-hydroxylation sites is 1. The van der Waals surface area contributed by atoms with Crippen molar-refractivity contribution in [3.05, 3.63) is 69.3 Å². The molecule has 2 aromatic heterocycles. The van der Waals surface area contributed by atoms with Crippen LogP contribution in [0.15, 0.2) is 62.7 Å². The van der Waals surface area contributed by atoms with E-state index in [-0.39, 0.29) is 23.5 Å². The molecule has 31 heavy (non-hydrogen) atoms. The molecule has 0 aliphatic carbocycles. The van der Waals surface area contributed by atoms with E-state index in [4.69, 9.17) is 13.9 Å². The van der Waals surface area contributed by atoms with Crippen molar-refractivity contribution in [1.29, 1.82) is 0 Å². The van der Waals surface area contributed by atoms with E-state index in [2.05, 4.69) is 4.99 Å². The highest BCUT2D eigenvalue weighted by Gasteiger charge is 2.16. The van der Waals surface area contributed by atoms with E-state index in [1.807, 2.05) is 0 Å². The monoisotopic (exact) mass is 438 g/mol. The number of methoxy groups -OCH3 is 1. The standard InChI is InChI=1S/C22H18N2O6S/c1-3-29-19(25)12-24-16-9-8-14(28-2)11-18(16)31-22(24)23-20(26)15-10-13-6-4-5-7-17(13)30-21(15)27/h4-11H,3,12H2,1-2H3. The molecule has 2 aromatic carbocycles. The summed E-state index contributed by atoms with van der Waals surface area (Å²) in [5.74, 6) is -0.585. The molecular weight excluding hydrogens is 420 g/mol. The van der Waals surface area contributed by atoms with Crippen molar-refractivity contribution in [2.75, 3.05) is 13.7 Å². The van der Waals surface area contributed by atoms with Gasteiger partial charge >= 0.3 is 11.6 Å². The van der Waals surface area contributed by atoms with Crippen LogP contribution in [0, 0.1) is 0 Å². The summed E-state index contributed by atoms with van der Waals surface area (Å²) in [5, 5.41) is 0.612. The number of carbonyl (C=O) groups excluding carboxylic acids is 2. The second-order valence-electron chi connectivity index (χ2n) is 6.51. The molecule has 8 nitrogen and oxygen atoms in total. The number of thiazole rings is 1. The van der Waals surface area contributed by atoms with Gasteiger partial charge in [-0.05, 0) is 37.3 Å². The average molecular weight is 438 g/mol. The highest BCUT2D eigenvalue weighted by molar-refractivity contribution is 7.16. The lowest BCUT2D eigenvalue weighted by atomic mass is 10.2. The molecule has 0 radical (unpaired) electrons. The highest BCUT2D eigenvalue weighted by Crippen LogP contribution is 2.23. The van der Waals surface area contributed by atoms with Gasteiger partial charge < -0.3 is 18.5 Å². The van der Waals surface area contributed by atoms with E-state index >= 15 is 0 Å². The maximum atomic E-state index is 12.9. The first-order valence-electron chi connectivity index (χ1n) is 9.45. The number of hydrogen-bond acceptors (Lipinski definition) is 7. The molecule has 4 rings (SSSR count). The van der Waals surface area contributed by atoms with Gasteiger partial charge in [-0.3, -0.25) is 9.59 Å². The van der Waals surface area contributed by atoms with Gasteiger partial charge in [0, 0.05) is 5.39 Å². The molecular formula is C22H18N2O6S. The summed E-state index contributed by atoms with van der Waals surface area (Å²) >= 11 is 1.20. The van der Waals surface area contributed by atoms with E-state index in [0.29, 0.717) is 22.2 Å². The van der Waals surface area contributed by atoms with Crippen LogP contribution in [0.5, 0.6) is 5.75 Å². The van der Waals surface area contributed by atoms with Gasteiger partial charge in [-0.25, -0.2) is 4.79 Å². The fourth-order valence-corrected chi connectivity index (χ4v) is 4.17. The maximum Gasteiger partial charge on any atom is 0.349 e. The molecule has 2 heterocycles. The largest absolute Gasteiger partial charge is 0.497 e. The van der Waals surface area contributed by atoms with E-state index in [1.54, 1.807) is 61.1 Å². The second kappa shape index (κ2) is 8.57. The normalized spacial score (nSPS) is 11.7. The number of esters is 1. The third-order valence-electron chi connectivity index (χ3n) is 4.55. The van der Waals surface area contributed by atoms with Gasteiger partial charge in [0.15, 0.2) is 4.80 Å². The van der Waals surface area contributed by atoms with Crippen molar-refractivity contribution >= 4 is 44.4 Å². The minimum absolute atomic E-state index is 0.126. The molecule has 0 saturated heterocycles. The van der Waals surface area contributed by atoms with E-state index < -0.39 is 17.5 Å². The summed E-state index contributed by atoms with van der Waals surface area (Å²) < 4.78 is 17.9. The van der Waals surface area contributed by atoms with Crippen LogP contribution in [0.4, 0.5) is 0 Å². The number of ether oxygens (including phenoxy) is 2. The zero-order chi connectivity index (χ0) is 22.0. The predicted octanol–water partition coefficient (Wildman–Crippen LogP) is 3.12. The molecule has 0 unspecified atom stereocenters. The van der Waals surface area contributed by atoms with Crippen LogP contribution in [0.3, 0.4) is 0 Å². The van der Waals surface area contributed by atoms with Gasteiger partial charge in [-0.1, -0.05) is 29.5 Å². The third-order valence-corrected chi connectivity index (χ3v) is 5.59. The topological polar surface area (TPSA) is 100 Å². The quantitative estimate of drug-likeness (QED) is 0.351. The van der Waals surface area contributed by atoms with Gasteiger partial charge in [0.2, 0.25) is 0 Å². The van der Waals surface area contributed by atoms with E-state index in [9.17, 15) is 14.4 Å². The number of fused-ring (bicyclic) bond motifs is 2. The molecule has 0 N–H and O–H groups in total. The molecule has 9 heteroatoms. The molecule has 0 spiro atoms. The molecule has 1 amide bonds. The van der Waals surface area contributed by atoms with Crippen LogP contribution in [-0.4, -0.2) is 30.2 Å². The van der Waals surface area contributed by atoms with Crippen LogP contribution >= 0.6 is 11.3 Å². The molecule has 0 aliphatic heterocycles. The Labute approximate surface area is 180 Å². The van der Waals surface area contributed by atoms with Crippen LogP contribution in [0.25, 0.3) is 21.2 Å². The van der Waals surface area contributed by atoms with Crippen LogP contribution in [0.2, 0.25) is 0 Å². The van der Waals surface area contributed by atoms with Crippen molar-refractivity contribution in [3.8, 4) is 5.75 Å². The number of aromatic nitrogens is 1. The smallest absolute Gasteiger partial charge is 0.349 e. The lowest BCUT2D eigenvalue weighted by molar-refractivity contribution is -0.143. The fourth-order valence-electron chi connectivity index (χ4n) is 3.11.